The van der Waals surface area contributed by atoms with Gasteiger partial charge in [0.15, 0.2) is 0 Å². The first kappa shape index (κ1) is 26.4. The van der Waals surface area contributed by atoms with Gasteiger partial charge in [0, 0.05) is 48.8 Å². The van der Waals surface area contributed by atoms with Crippen molar-refractivity contribution in [3.63, 3.8) is 0 Å². The molecule has 6 nitrogen and oxygen atoms in total. The van der Waals surface area contributed by atoms with Crippen LogP contribution in [-0.4, -0.2) is 67.5 Å². The van der Waals surface area contributed by atoms with Gasteiger partial charge in [-0.2, -0.15) is 4.31 Å². The minimum absolute atomic E-state index is 0. The molecule has 1 aromatic carbocycles. The molecule has 1 aliphatic heterocycles. The Balaban J connectivity index is 0.00000341. The molecule has 31 heavy (non-hydrogen) atoms. The maximum absolute atomic E-state index is 12.8. The van der Waals surface area contributed by atoms with Gasteiger partial charge >= 0.3 is 0 Å². The Labute approximate surface area is 198 Å². The highest BCUT2D eigenvalue weighted by Crippen LogP contribution is 2.34. The van der Waals surface area contributed by atoms with Crippen molar-refractivity contribution in [2.45, 2.75) is 57.9 Å². The molecule has 0 aromatic heterocycles. The second kappa shape index (κ2) is 11.3. The summed E-state index contributed by atoms with van der Waals surface area (Å²) in [7, 11) is -3.15. The smallest absolute Gasteiger partial charge is 0.251 e. The van der Waals surface area contributed by atoms with Crippen LogP contribution in [0.2, 0.25) is 5.02 Å². The number of piperazine rings is 1. The number of aryl methyl sites for hydroxylation is 1. The number of hydrogen-bond donors (Lipinski definition) is 1. The zero-order valence-electron chi connectivity index (χ0n) is 18.5. The van der Waals surface area contributed by atoms with E-state index in [4.69, 9.17) is 11.6 Å². The third kappa shape index (κ3) is 6.35. The highest BCUT2D eigenvalue weighted by Gasteiger charge is 2.40. The maximum Gasteiger partial charge on any atom is 0.251 e. The van der Waals surface area contributed by atoms with E-state index in [1.807, 2.05) is 19.9 Å². The second-order valence-electron chi connectivity index (χ2n) is 8.63. The fraction of sp³-hybridized carbons (Fsp3) is 0.682. The van der Waals surface area contributed by atoms with Gasteiger partial charge in [0.05, 0.1) is 5.75 Å². The number of amides is 1. The van der Waals surface area contributed by atoms with Crippen LogP contribution in [0.4, 0.5) is 0 Å². The molecule has 0 bridgehead atoms. The molecule has 1 amide bonds. The summed E-state index contributed by atoms with van der Waals surface area (Å²) in [5, 5.41) is 3.80. The minimum atomic E-state index is -3.15. The van der Waals surface area contributed by atoms with Crippen molar-refractivity contribution >= 4 is 39.9 Å². The quantitative estimate of drug-likeness (QED) is 0.628. The number of carbonyl (C=O) groups excluding carboxylic acids is 1. The van der Waals surface area contributed by atoms with E-state index in [0.717, 1.165) is 44.3 Å². The number of nitrogens with one attached hydrogen (secondary N) is 1. The molecule has 1 N–H and O–H groups in total. The molecule has 1 saturated heterocycles. The standard InChI is InChI=1S/C22H34ClN3O3S.ClH/c1-3-15-30(28,29)26-13-11-25(12-14-26)22(9-5-4-6-10-22)17-24-21(27)20-8-7-19(23)16-18(20)2;/h7-8,16H,3-6,9-15,17H2,1-2H3,(H,24,27);1H. The molecule has 1 heterocycles. The van der Waals surface area contributed by atoms with Crippen LogP contribution in [0.1, 0.15) is 61.4 Å². The number of rotatable bonds is 7. The monoisotopic (exact) mass is 491 g/mol. The van der Waals surface area contributed by atoms with Gasteiger partial charge < -0.3 is 5.32 Å². The molecule has 3 rings (SSSR count). The highest BCUT2D eigenvalue weighted by molar-refractivity contribution is 7.89. The minimum Gasteiger partial charge on any atom is -0.350 e. The molecule has 9 heteroatoms. The largest absolute Gasteiger partial charge is 0.350 e. The van der Waals surface area contributed by atoms with E-state index in [1.165, 1.54) is 6.42 Å². The molecular weight excluding hydrogens is 457 g/mol. The molecule has 0 spiro atoms. The molecule has 2 fully saturated rings. The van der Waals surface area contributed by atoms with Crippen LogP contribution in [0.5, 0.6) is 0 Å². The highest BCUT2D eigenvalue weighted by atomic mass is 35.5. The lowest BCUT2D eigenvalue weighted by molar-refractivity contribution is 0.0240. The lowest BCUT2D eigenvalue weighted by Crippen LogP contribution is -2.62. The van der Waals surface area contributed by atoms with Gasteiger partial charge in [0.25, 0.3) is 5.91 Å². The van der Waals surface area contributed by atoms with Gasteiger partial charge in [-0.3, -0.25) is 9.69 Å². The van der Waals surface area contributed by atoms with Gasteiger partial charge in [-0.05, 0) is 49.9 Å². The van der Waals surface area contributed by atoms with E-state index in [9.17, 15) is 13.2 Å². The summed E-state index contributed by atoms with van der Waals surface area (Å²) < 4.78 is 26.5. The molecule has 1 saturated carbocycles. The van der Waals surface area contributed by atoms with Gasteiger partial charge in [-0.1, -0.05) is 37.8 Å². The van der Waals surface area contributed by atoms with Gasteiger partial charge in [0.2, 0.25) is 10.0 Å². The normalized spacial score (nSPS) is 20.1. The van der Waals surface area contributed by atoms with E-state index in [0.29, 0.717) is 36.6 Å². The Hall–Kier alpha value is -0.860. The van der Waals surface area contributed by atoms with Crippen LogP contribution < -0.4 is 5.32 Å². The summed E-state index contributed by atoms with van der Waals surface area (Å²) in [6.45, 7) is 6.90. The molecule has 1 aliphatic carbocycles. The van der Waals surface area contributed by atoms with E-state index in [1.54, 1.807) is 16.4 Å². The van der Waals surface area contributed by atoms with Crippen molar-refractivity contribution in [3.8, 4) is 0 Å². The van der Waals surface area contributed by atoms with Crippen molar-refractivity contribution in [2.24, 2.45) is 0 Å². The first-order valence-corrected chi connectivity index (χ1v) is 13.0. The molecule has 0 radical (unpaired) electrons. The lowest BCUT2D eigenvalue weighted by Gasteiger charge is -2.49. The third-order valence-electron chi connectivity index (χ3n) is 6.56. The second-order valence-corrected chi connectivity index (χ2v) is 11.2. The van der Waals surface area contributed by atoms with Crippen LogP contribution in [0.15, 0.2) is 18.2 Å². The number of carbonyl (C=O) groups is 1. The first-order valence-electron chi connectivity index (χ1n) is 11.0. The number of nitrogens with zero attached hydrogens (tertiary/aromatic N) is 2. The molecule has 0 atom stereocenters. The Morgan fingerprint density at radius 1 is 1.13 bits per heavy atom. The predicted octanol–water partition coefficient (Wildman–Crippen LogP) is 3.86. The van der Waals surface area contributed by atoms with Crippen LogP contribution in [-0.2, 0) is 10.0 Å². The van der Waals surface area contributed by atoms with E-state index < -0.39 is 10.0 Å². The van der Waals surface area contributed by atoms with Crippen LogP contribution in [0.25, 0.3) is 0 Å². The molecule has 0 unspecified atom stereocenters. The topological polar surface area (TPSA) is 69.7 Å². The summed E-state index contributed by atoms with van der Waals surface area (Å²) in [6, 6.07) is 5.33. The van der Waals surface area contributed by atoms with Crippen LogP contribution in [0.3, 0.4) is 0 Å². The van der Waals surface area contributed by atoms with Gasteiger partial charge in [0.1, 0.15) is 0 Å². The van der Waals surface area contributed by atoms with Crippen molar-refractivity contribution in [1.82, 2.24) is 14.5 Å². The number of hydrogen-bond acceptors (Lipinski definition) is 4. The average molecular weight is 493 g/mol. The van der Waals surface area contributed by atoms with Crippen LogP contribution >= 0.6 is 24.0 Å². The van der Waals surface area contributed by atoms with E-state index in [2.05, 4.69) is 10.2 Å². The SMILES string of the molecule is CCCS(=O)(=O)N1CCN(C2(CNC(=O)c3ccc(Cl)cc3C)CCCCC2)CC1.Cl. The van der Waals surface area contributed by atoms with Crippen molar-refractivity contribution in [1.29, 1.82) is 0 Å². The third-order valence-corrected chi connectivity index (χ3v) is 8.87. The fourth-order valence-electron chi connectivity index (χ4n) is 4.86. The zero-order valence-corrected chi connectivity index (χ0v) is 20.9. The summed E-state index contributed by atoms with van der Waals surface area (Å²) in [5.41, 5.74) is 1.43. The van der Waals surface area contributed by atoms with Gasteiger partial charge in [-0.25, -0.2) is 8.42 Å². The Bertz CT molecular complexity index is 850. The van der Waals surface area contributed by atoms with Crippen LogP contribution in [0, 0.1) is 6.92 Å². The zero-order chi connectivity index (χ0) is 21.8. The summed E-state index contributed by atoms with van der Waals surface area (Å²) >= 11 is 6.02. The summed E-state index contributed by atoms with van der Waals surface area (Å²) in [6.07, 6.45) is 6.22. The Kier molecular flexibility index (Phi) is 9.64. The summed E-state index contributed by atoms with van der Waals surface area (Å²) in [5.74, 6) is 0.146. The number of halogens is 2. The van der Waals surface area contributed by atoms with E-state index >= 15 is 0 Å². The Morgan fingerprint density at radius 3 is 2.35 bits per heavy atom. The average Bonchev–Trinajstić information content (AvgIpc) is 2.73. The van der Waals surface area contributed by atoms with Crippen molar-refractivity contribution < 1.29 is 13.2 Å². The molecule has 2 aliphatic rings. The number of sulfonamides is 1. The maximum atomic E-state index is 12.8. The number of benzene rings is 1. The molecular formula is C22H35Cl2N3O3S. The molecule has 176 valence electrons. The van der Waals surface area contributed by atoms with E-state index in [-0.39, 0.29) is 29.6 Å². The summed E-state index contributed by atoms with van der Waals surface area (Å²) in [4.78, 5) is 15.3. The van der Waals surface area contributed by atoms with Crippen molar-refractivity contribution in [3.05, 3.63) is 34.3 Å². The van der Waals surface area contributed by atoms with Crippen molar-refractivity contribution in [2.75, 3.05) is 38.5 Å². The lowest BCUT2D eigenvalue weighted by atomic mass is 9.79. The molecule has 1 aromatic rings. The fourth-order valence-corrected chi connectivity index (χ4v) is 6.58. The van der Waals surface area contributed by atoms with Gasteiger partial charge in [-0.15, -0.1) is 12.4 Å². The predicted molar refractivity (Wildman–Crippen MR) is 129 cm³/mol. The first-order chi connectivity index (χ1) is 14.3. The Morgan fingerprint density at radius 2 is 1.77 bits per heavy atom.